The number of rotatable bonds is 43. The van der Waals surface area contributed by atoms with E-state index in [1.54, 1.807) is 0 Å². The second kappa shape index (κ2) is 42.3. The van der Waals surface area contributed by atoms with Crippen molar-refractivity contribution in [2.75, 3.05) is 26.2 Å². The van der Waals surface area contributed by atoms with Crippen molar-refractivity contribution in [1.82, 2.24) is 4.90 Å². The number of aldehydes is 1. The SMILES string of the molecule is CCCCCCCCCOC(=O)CCCCCCCN(CCCC=O)CCCCCCCC(=O)OC(CCCCCCCC)CCCCCCCC. The summed E-state index contributed by atoms with van der Waals surface area (Å²) in [6, 6.07) is 0. The molecule has 308 valence electrons. The molecule has 0 radical (unpaired) electrons. The summed E-state index contributed by atoms with van der Waals surface area (Å²) in [6.07, 6.45) is 41.0. The molecule has 6 heteroatoms. The van der Waals surface area contributed by atoms with Crippen molar-refractivity contribution in [3.8, 4) is 0 Å². The van der Waals surface area contributed by atoms with Gasteiger partial charge in [0.1, 0.15) is 12.4 Å². The van der Waals surface area contributed by atoms with E-state index in [0.717, 1.165) is 90.1 Å². The van der Waals surface area contributed by atoms with Crippen molar-refractivity contribution in [2.24, 2.45) is 0 Å². The van der Waals surface area contributed by atoms with Crippen LogP contribution < -0.4 is 0 Å². The molecule has 0 saturated carbocycles. The van der Waals surface area contributed by atoms with Crippen LogP contribution in [0.4, 0.5) is 0 Å². The molecule has 0 saturated heterocycles. The van der Waals surface area contributed by atoms with Gasteiger partial charge in [0.05, 0.1) is 6.61 Å². The summed E-state index contributed by atoms with van der Waals surface area (Å²) in [5, 5.41) is 0. The average molecular weight is 736 g/mol. The van der Waals surface area contributed by atoms with E-state index in [2.05, 4.69) is 25.7 Å². The lowest BCUT2D eigenvalue weighted by Gasteiger charge is -2.22. The molecule has 0 aromatic carbocycles. The molecule has 0 bridgehead atoms. The van der Waals surface area contributed by atoms with Gasteiger partial charge in [0.25, 0.3) is 0 Å². The van der Waals surface area contributed by atoms with E-state index in [4.69, 9.17) is 9.47 Å². The summed E-state index contributed by atoms with van der Waals surface area (Å²) in [6.45, 7) is 10.5. The Labute approximate surface area is 324 Å². The minimum atomic E-state index is -0.0292. The van der Waals surface area contributed by atoms with Crippen LogP contribution in [0.15, 0.2) is 0 Å². The molecular formula is C46H89NO5. The fourth-order valence-corrected chi connectivity index (χ4v) is 7.13. The van der Waals surface area contributed by atoms with Crippen LogP contribution in [-0.2, 0) is 23.9 Å². The highest BCUT2D eigenvalue weighted by Crippen LogP contribution is 2.18. The van der Waals surface area contributed by atoms with Crippen LogP contribution in [0.3, 0.4) is 0 Å². The molecule has 6 nitrogen and oxygen atoms in total. The van der Waals surface area contributed by atoms with Gasteiger partial charge < -0.3 is 19.2 Å². The molecule has 0 atom stereocenters. The van der Waals surface area contributed by atoms with Gasteiger partial charge in [0.15, 0.2) is 0 Å². The number of esters is 2. The van der Waals surface area contributed by atoms with Crippen LogP contribution in [0.25, 0.3) is 0 Å². The lowest BCUT2D eigenvalue weighted by Crippen LogP contribution is -2.27. The number of carbonyl (C=O) groups excluding carboxylic acids is 3. The monoisotopic (exact) mass is 736 g/mol. The highest BCUT2D eigenvalue weighted by molar-refractivity contribution is 5.69. The maximum absolute atomic E-state index is 12.7. The molecule has 0 aliphatic carbocycles. The lowest BCUT2D eigenvalue weighted by atomic mass is 10.0. The average Bonchev–Trinajstić information content (AvgIpc) is 3.14. The summed E-state index contributed by atoms with van der Waals surface area (Å²) in [7, 11) is 0. The normalized spacial score (nSPS) is 11.5. The highest BCUT2D eigenvalue weighted by atomic mass is 16.5. The Hall–Kier alpha value is -1.43. The Morgan fingerprint density at radius 1 is 0.462 bits per heavy atom. The molecule has 0 unspecified atom stereocenters. The van der Waals surface area contributed by atoms with Crippen molar-refractivity contribution in [1.29, 1.82) is 0 Å². The third-order valence-electron chi connectivity index (χ3n) is 10.6. The van der Waals surface area contributed by atoms with Gasteiger partial charge in [0.2, 0.25) is 0 Å². The van der Waals surface area contributed by atoms with E-state index < -0.39 is 0 Å². The summed E-state index contributed by atoms with van der Waals surface area (Å²) in [5.41, 5.74) is 0. The van der Waals surface area contributed by atoms with Crippen LogP contribution in [0.5, 0.6) is 0 Å². The summed E-state index contributed by atoms with van der Waals surface area (Å²) < 4.78 is 11.5. The van der Waals surface area contributed by atoms with E-state index >= 15 is 0 Å². The molecule has 0 aromatic rings. The molecule has 0 N–H and O–H groups in total. The minimum absolute atomic E-state index is 0.0158. The first-order valence-corrected chi connectivity index (χ1v) is 23.1. The third kappa shape index (κ3) is 38.3. The largest absolute Gasteiger partial charge is 0.466 e. The third-order valence-corrected chi connectivity index (χ3v) is 10.6. The fourth-order valence-electron chi connectivity index (χ4n) is 7.13. The smallest absolute Gasteiger partial charge is 0.306 e. The van der Waals surface area contributed by atoms with Gasteiger partial charge in [-0.2, -0.15) is 0 Å². The predicted molar refractivity (Wildman–Crippen MR) is 222 cm³/mol. The molecule has 0 fully saturated rings. The summed E-state index contributed by atoms with van der Waals surface area (Å²) in [4.78, 5) is 38.2. The van der Waals surface area contributed by atoms with Crippen molar-refractivity contribution in [2.45, 2.75) is 252 Å². The molecule has 0 aliphatic rings. The maximum Gasteiger partial charge on any atom is 0.306 e. The number of nitrogens with zero attached hydrogens (tertiary/aromatic N) is 1. The van der Waals surface area contributed by atoms with Crippen molar-refractivity contribution < 1.29 is 23.9 Å². The van der Waals surface area contributed by atoms with Crippen LogP contribution in [0, 0.1) is 0 Å². The first-order chi connectivity index (χ1) is 25.6. The zero-order chi connectivity index (χ0) is 38.0. The second-order valence-electron chi connectivity index (χ2n) is 15.8. The van der Waals surface area contributed by atoms with Crippen molar-refractivity contribution in [3.63, 3.8) is 0 Å². The summed E-state index contributed by atoms with van der Waals surface area (Å²) >= 11 is 0. The Morgan fingerprint density at radius 2 is 0.846 bits per heavy atom. The highest BCUT2D eigenvalue weighted by Gasteiger charge is 2.14. The first kappa shape index (κ1) is 50.6. The molecular weight excluding hydrogens is 647 g/mol. The van der Waals surface area contributed by atoms with Crippen LogP contribution in [-0.4, -0.2) is 55.5 Å². The second-order valence-corrected chi connectivity index (χ2v) is 15.8. The number of carbonyl (C=O) groups is 3. The van der Waals surface area contributed by atoms with Crippen LogP contribution in [0.2, 0.25) is 0 Å². The van der Waals surface area contributed by atoms with Gasteiger partial charge in [0, 0.05) is 19.3 Å². The molecule has 52 heavy (non-hydrogen) atoms. The van der Waals surface area contributed by atoms with Gasteiger partial charge >= 0.3 is 11.9 Å². The first-order valence-electron chi connectivity index (χ1n) is 23.1. The van der Waals surface area contributed by atoms with Gasteiger partial charge in [-0.05, 0) is 83.8 Å². The molecule has 0 rings (SSSR count). The zero-order valence-electron chi connectivity index (χ0n) is 35.2. The van der Waals surface area contributed by atoms with Crippen molar-refractivity contribution >= 4 is 18.2 Å². The fraction of sp³-hybridized carbons (Fsp3) is 0.935. The lowest BCUT2D eigenvalue weighted by molar-refractivity contribution is -0.150. The van der Waals surface area contributed by atoms with Gasteiger partial charge in [-0.3, -0.25) is 9.59 Å². The quantitative estimate of drug-likeness (QED) is 0.0353. The van der Waals surface area contributed by atoms with Gasteiger partial charge in [-0.1, -0.05) is 162 Å². The Morgan fingerprint density at radius 3 is 1.33 bits per heavy atom. The summed E-state index contributed by atoms with van der Waals surface area (Å²) in [5.74, 6) is -0.0134. The number of unbranched alkanes of at least 4 members (excludes halogenated alkanes) is 25. The van der Waals surface area contributed by atoms with E-state index in [-0.39, 0.29) is 18.0 Å². The topological polar surface area (TPSA) is 72.9 Å². The number of hydrogen-bond acceptors (Lipinski definition) is 6. The number of ether oxygens (including phenoxy) is 2. The van der Waals surface area contributed by atoms with Crippen LogP contribution >= 0.6 is 0 Å². The molecule has 0 aromatic heterocycles. The minimum Gasteiger partial charge on any atom is -0.466 e. The molecule has 0 aliphatic heterocycles. The van der Waals surface area contributed by atoms with Crippen LogP contribution in [0.1, 0.15) is 245 Å². The number of hydrogen-bond donors (Lipinski definition) is 0. The van der Waals surface area contributed by atoms with Crippen molar-refractivity contribution in [3.05, 3.63) is 0 Å². The molecule has 0 amide bonds. The Bertz CT molecular complexity index is 743. The van der Waals surface area contributed by atoms with Gasteiger partial charge in [-0.15, -0.1) is 0 Å². The molecule has 0 heterocycles. The van der Waals surface area contributed by atoms with E-state index in [1.807, 2.05) is 0 Å². The standard InChI is InChI=1S/C46H89NO5/c1-4-7-10-13-16-25-34-43-51-45(49)37-28-21-17-23-30-39-47(41-32-33-42-48)40-31-24-18-22-29-38-46(50)52-44(35-26-19-14-11-8-5-2)36-27-20-15-12-9-6-3/h42,44H,4-41,43H2,1-3H3. The molecule has 0 spiro atoms. The van der Waals surface area contributed by atoms with E-state index in [9.17, 15) is 14.4 Å². The predicted octanol–water partition coefficient (Wildman–Crippen LogP) is 13.7. The Balaban J connectivity index is 4.10. The van der Waals surface area contributed by atoms with E-state index in [1.165, 1.54) is 141 Å². The Kier molecular flexibility index (Phi) is 41.1. The van der Waals surface area contributed by atoms with Gasteiger partial charge in [-0.25, -0.2) is 0 Å². The maximum atomic E-state index is 12.7. The zero-order valence-corrected chi connectivity index (χ0v) is 35.2. The van der Waals surface area contributed by atoms with E-state index in [0.29, 0.717) is 25.9 Å².